The highest BCUT2D eigenvalue weighted by atomic mass is 16.3. The second kappa shape index (κ2) is 6.78. The molecule has 0 atom stereocenters. The van der Waals surface area contributed by atoms with Crippen LogP contribution in [-0.2, 0) is 0 Å². The number of aromatic nitrogens is 5. The Kier molecular flexibility index (Phi) is 4.02. The summed E-state index contributed by atoms with van der Waals surface area (Å²) >= 11 is 0. The minimum atomic E-state index is 0.353. The summed E-state index contributed by atoms with van der Waals surface area (Å²) < 4.78 is 5.51. The molecule has 0 unspecified atom stereocenters. The predicted octanol–water partition coefficient (Wildman–Crippen LogP) is 3.20. The van der Waals surface area contributed by atoms with Crippen molar-refractivity contribution in [3.8, 4) is 28.8 Å². The van der Waals surface area contributed by atoms with Crippen LogP contribution in [0, 0.1) is 11.3 Å². The van der Waals surface area contributed by atoms with Gasteiger partial charge in [-0.3, -0.25) is 4.98 Å². The molecular formula is C18H11N7O. The van der Waals surface area contributed by atoms with Crippen LogP contribution in [0.4, 0.5) is 11.6 Å². The summed E-state index contributed by atoms with van der Waals surface area (Å²) in [5, 5.41) is 12.0. The van der Waals surface area contributed by atoms with Gasteiger partial charge in [-0.1, -0.05) is 0 Å². The monoisotopic (exact) mass is 341 g/mol. The Morgan fingerprint density at radius 2 is 2.04 bits per heavy atom. The van der Waals surface area contributed by atoms with E-state index in [4.69, 9.17) is 9.68 Å². The predicted molar refractivity (Wildman–Crippen MR) is 93.0 cm³/mol. The number of pyridine rings is 1. The number of anilines is 2. The molecule has 8 heteroatoms. The first-order chi connectivity index (χ1) is 12.8. The Bertz CT molecular complexity index is 1070. The number of nitrogens with one attached hydrogen (secondary N) is 1. The first-order valence-electron chi connectivity index (χ1n) is 7.63. The fourth-order valence-electron chi connectivity index (χ4n) is 2.38. The highest BCUT2D eigenvalue weighted by Crippen LogP contribution is 2.30. The molecule has 0 saturated carbocycles. The topological polar surface area (TPSA) is 113 Å². The molecule has 0 fully saturated rings. The Labute approximate surface area is 148 Å². The molecule has 8 nitrogen and oxygen atoms in total. The molecule has 0 radical (unpaired) electrons. The third-order valence-corrected chi connectivity index (χ3v) is 3.52. The number of nitriles is 1. The van der Waals surface area contributed by atoms with Crippen LogP contribution < -0.4 is 5.32 Å². The fraction of sp³-hybridized carbons (Fsp3) is 0. The summed E-state index contributed by atoms with van der Waals surface area (Å²) in [6, 6.07) is 9.09. The van der Waals surface area contributed by atoms with Crippen LogP contribution in [0.1, 0.15) is 5.56 Å². The van der Waals surface area contributed by atoms with Crippen LogP contribution in [0.25, 0.3) is 22.7 Å². The number of hydrogen-bond acceptors (Lipinski definition) is 8. The maximum atomic E-state index is 8.99. The van der Waals surface area contributed by atoms with Gasteiger partial charge in [-0.05, 0) is 24.3 Å². The third-order valence-electron chi connectivity index (χ3n) is 3.52. The van der Waals surface area contributed by atoms with E-state index >= 15 is 0 Å². The summed E-state index contributed by atoms with van der Waals surface area (Å²) in [5.74, 6) is 0.944. The van der Waals surface area contributed by atoms with Crippen LogP contribution in [-0.4, -0.2) is 24.9 Å². The minimum absolute atomic E-state index is 0.353. The number of rotatable bonds is 4. The second-order valence-corrected chi connectivity index (χ2v) is 5.23. The lowest BCUT2D eigenvalue weighted by atomic mass is 10.1. The van der Waals surface area contributed by atoms with E-state index in [1.165, 1.54) is 12.5 Å². The molecule has 0 aliphatic heterocycles. The summed E-state index contributed by atoms with van der Waals surface area (Å²) in [4.78, 5) is 21.1. The normalized spacial score (nSPS) is 10.3. The lowest BCUT2D eigenvalue weighted by Gasteiger charge is -2.09. The van der Waals surface area contributed by atoms with Crippen molar-refractivity contribution in [1.29, 1.82) is 5.26 Å². The molecule has 0 spiro atoms. The van der Waals surface area contributed by atoms with E-state index < -0.39 is 0 Å². The highest BCUT2D eigenvalue weighted by Gasteiger charge is 2.15. The van der Waals surface area contributed by atoms with Crippen molar-refractivity contribution in [3.63, 3.8) is 0 Å². The zero-order chi connectivity index (χ0) is 17.8. The van der Waals surface area contributed by atoms with E-state index in [0.717, 1.165) is 5.56 Å². The average Bonchev–Trinajstić information content (AvgIpc) is 3.23. The summed E-state index contributed by atoms with van der Waals surface area (Å²) in [6.45, 7) is 0. The van der Waals surface area contributed by atoms with Crippen molar-refractivity contribution in [1.82, 2.24) is 24.9 Å². The van der Waals surface area contributed by atoms with Crippen LogP contribution in [0.5, 0.6) is 0 Å². The van der Waals surface area contributed by atoms with Crippen LogP contribution in [0.3, 0.4) is 0 Å². The van der Waals surface area contributed by atoms with Crippen molar-refractivity contribution in [2.24, 2.45) is 0 Å². The van der Waals surface area contributed by atoms with Gasteiger partial charge in [-0.2, -0.15) is 5.26 Å². The molecule has 0 aliphatic carbocycles. The maximum absolute atomic E-state index is 8.99. The van der Waals surface area contributed by atoms with E-state index in [1.807, 2.05) is 12.1 Å². The molecule has 0 aromatic carbocycles. The van der Waals surface area contributed by atoms with Gasteiger partial charge in [0.1, 0.15) is 18.1 Å². The molecule has 0 bridgehead atoms. The van der Waals surface area contributed by atoms with Gasteiger partial charge >= 0.3 is 0 Å². The quantitative estimate of drug-likeness (QED) is 0.602. The van der Waals surface area contributed by atoms with E-state index in [-0.39, 0.29) is 0 Å². The van der Waals surface area contributed by atoms with Crippen LogP contribution in [0.2, 0.25) is 0 Å². The lowest BCUT2D eigenvalue weighted by Crippen LogP contribution is -2.01. The molecule has 4 aromatic heterocycles. The molecule has 0 aliphatic rings. The Balaban J connectivity index is 1.76. The summed E-state index contributed by atoms with van der Waals surface area (Å²) in [6.07, 6.45) is 9.44. The molecule has 0 amide bonds. The van der Waals surface area contributed by atoms with Gasteiger partial charge in [0.25, 0.3) is 0 Å². The van der Waals surface area contributed by atoms with Gasteiger partial charge in [0.2, 0.25) is 5.95 Å². The van der Waals surface area contributed by atoms with E-state index in [9.17, 15) is 0 Å². The van der Waals surface area contributed by atoms with E-state index in [2.05, 4.69) is 30.2 Å². The Morgan fingerprint density at radius 3 is 2.81 bits per heavy atom. The lowest BCUT2D eigenvalue weighted by molar-refractivity contribution is 0.580. The van der Waals surface area contributed by atoms with Crippen LogP contribution >= 0.6 is 0 Å². The van der Waals surface area contributed by atoms with Crippen LogP contribution in [0.15, 0.2) is 66.1 Å². The summed E-state index contributed by atoms with van der Waals surface area (Å²) in [5.41, 5.74) is 3.06. The van der Waals surface area contributed by atoms with Gasteiger partial charge in [0.15, 0.2) is 5.76 Å². The van der Waals surface area contributed by atoms with Crippen molar-refractivity contribution in [3.05, 3.63) is 67.2 Å². The zero-order valence-corrected chi connectivity index (χ0v) is 13.4. The molecule has 4 rings (SSSR count). The van der Waals surface area contributed by atoms with Gasteiger partial charge in [0.05, 0.1) is 29.4 Å². The first kappa shape index (κ1) is 15.4. The average molecular weight is 341 g/mol. The smallest absolute Gasteiger partial charge is 0.227 e. The van der Waals surface area contributed by atoms with Crippen molar-refractivity contribution in [2.45, 2.75) is 0 Å². The fourth-order valence-corrected chi connectivity index (χ4v) is 2.38. The highest BCUT2D eigenvalue weighted by molar-refractivity contribution is 5.76. The van der Waals surface area contributed by atoms with E-state index in [0.29, 0.717) is 34.3 Å². The van der Waals surface area contributed by atoms with Crippen molar-refractivity contribution in [2.75, 3.05) is 5.32 Å². The molecular weight excluding hydrogens is 330 g/mol. The molecule has 124 valence electrons. The minimum Gasteiger partial charge on any atom is -0.463 e. The molecule has 4 heterocycles. The number of furan rings is 1. The molecule has 26 heavy (non-hydrogen) atoms. The Hall–Kier alpha value is -4.12. The van der Waals surface area contributed by atoms with Gasteiger partial charge in [-0.25, -0.2) is 19.9 Å². The first-order valence-corrected chi connectivity index (χ1v) is 7.63. The maximum Gasteiger partial charge on any atom is 0.227 e. The van der Waals surface area contributed by atoms with Crippen molar-refractivity contribution < 1.29 is 4.42 Å². The SMILES string of the molecule is N#Cc1cncc(Nc2ncc(-c3ccncn3)c(-c3ccco3)n2)c1. The zero-order valence-electron chi connectivity index (χ0n) is 13.4. The van der Waals surface area contributed by atoms with E-state index in [1.54, 1.807) is 43.1 Å². The summed E-state index contributed by atoms with van der Waals surface area (Å²) in [7, 11) is 0. The van der Waals surface area contributed by atoms with Crippen molar-refractivity contribution >= 4 is 11.6 Å². The Morgan fingerprint density at radius 1 is 1.08 bits per heavy atom. The molecule has 4 aromatic rings. The number of hydrogen-bond donors (Lipinski definition) is 1. The van der Waals surface area contributed by atoms with Gasteiger partial charge < -0.3 is 9.73 Å². The molecule has 0 saturated heterocycles. The number of nitrogens with zero attached hydrogens (tertiary/aromatic N) is 6. The third kappa shape index (κ3) is 3.09. The molecule has 1 N–H and O–H groups in total. The largest absolute Gasteiger partial charge is 0.463 e. The van der Waals surface area contributed by atoms with Gasteiger partial charge in [0, 0.05) is 24.2 Å². The van der Waals surface area contributed by atoms with Gasteiger partial charge in [-0.15, -0.1) is 0 Å². The standard InChI is InChI=1S/C18H11N7O/c19-7-12-6-13(9-21-8-12)24-18-22-10-14(15-3-4-20-11-23-15)17(25-18)16-2-1-5-26-16/h1-6,8-11H,(H,22,24,25). The second-order valence-electron chi connectivity index (χ2n) is 5.23.